The number of ether oxygens (including phenoxy) is 2. The molecule has 0 bridgehead atoms. The second-order valence-corrected chi connectivity index (χ2v) is 13.5. The fraction of sp³-hybridized carbons (Fsp3) is 0.966. The molecule has 4 saturated carbocycles. The van der Waals surface area contributed by atoms with Gasteiger partial charge in [-0.2, -0.15) is 0 Å². The van der Waals surface area contributed by atoms with Crippen molar-refractivity contribution < 1.29 is 14.3 Å². The molecule has 1 heterocycles. The van der Waals surface area contributed by atoms with E-state index < -0.39 is 0 Å². The molecule has 0 amide bonds. The molecule has 0 aromatic heterocycles. The monoisotopic (exact) mass is 444 g/mol. The summed E-state index contributed by atoms with van der Waals surface area (Å²) in [6.07, 6.45) is 14.0. The molecule has 4 aliphatic carbocycles. The normalized spacial score (nSPS) is 52.2. The van der Waals surface area contributed by atoms with Crippen LogP contribution < -0.4 is 0 Å². The SMILES string of the molecule is CC(=O)OC1CC[C@@]2(C)C(CC[C@H]3[C@@H]4C[C@@H]5OC(CCC(C)C)[C@@H](C)[C@@H]5[C@@]4(C)CC[C@@H]32)C1. The average Bonchev–Trinajstić information content (AvgIpc) is 3.20. The Labute approximate surface area is 196 Å². The summed E-state index contributed by atoms with van der Waals surface area (Å²) >= 11 is 0. The number of hydrogen-bond acceptors (Lipinski definition) is 3. The number of hydrogen-bond donors (Lipinski definition) is 0. The quantitative estimate of drug-likeness (QED) is 0.437. The van der Waals surface area contributed by atoms with Gasteiger partial charge in [-0.15, -0.1) is 0 Å². The summed E-state index contributed by atoms with van der Waals surface area (Å²) in [5.74, 6) is 5.51. The second-order valence-electron chi connectivity index (χ2n) is 13.5. The predicted molar refractivity (Wildman–Crippen MR) is 128 cm³/mol. The topological polar surface area (TPSA) is 35.5 Å². The van der Waals surface area contributed by atoms with Crippen LogP contribution in [0.15, 0.2) is 0 Å². The van der Waals surface area contributed by atoms with Crippen LogP contribution in [0.4, 0.5) is 0 Å². The van der Waals surface area contributed by atoms with E-state index in [0.29, 0.717) is 23.0 Å². The Morgan fingerprint density at radius 3 is 2.50 bits per heavy atom. The molecule has 0 radical (unpaired) electrons. The van der Waals surface area contributed by atoms with E-state index in [4.69, 9.17) is 9.47 Å². The van der Waals surface area contributed by atoms with E-state index in [2.05, 4.69) is 34.6 Å². The lowest BCUT2D eigenvalue weighted by Gasteiger charge is -2.61. The Balaban J connectivity index is 1.30. The van der Waals surface area contributed by atoms with Crippen molar-refractivity contribution in [2.24, 2.45) is 52.3 Å². The van der Waals surface area contributed by atoms with Gasteiger partial charge in [-0.1, -0.05) is 34.6 Å². The van der Waals surface area contributed by atoms with Crippen molar-refractivity contribution in [2.75, 3.05) is 0 Å². The lowest BCUT2D eigenvalue weighted by Crippen LogP contribution is -2.54. The first-order valence-corrected chi connectivity index (χ1v) is 14.0. The predicted octanol–water partition coefficient (Wildman–Crippen LogP) is 7.03. The summed E-state index contributed by atoms with van der Waals surface area (Å²) in [5, 5.41) is 0. The standard InChI is InChI=1S/C29H48O3/c1-17(2)7-10-25-18(3)27-26(32-25)16-24-22-9-8-20-15-21(31-19(4)30)11-13-28(20,5)23(22)12-14-29(24,27)6/h17-18,20-27H,7-16H2,1-6H3/t18-,20?,21?,22-,23+,24+,25?,26+,27+,28+,29+/m1/s1. The zero-order valence-corrected chi connectivity index (χ0v) is 21.6. The first-order valence-electron chi connectivity index (χ1n) is 14.0. The highest BCUT2D eigenvalue weighted by atomic mass is 16.5. The fourth-order valence-corrected chi connectivity index (χ4v) is 10.1. The van der Waals surface area contributed by atoms with Gasteiger partial charge in [-0.3, -0.25) is 4.79 Å². The van der Waals surface area contributed by atoms with Gasteiger partial charge in [0.1, 0.15) is 6.10 Å². The van der Waals surface area contributed by atoms with E-state index in [-0.39, 0.29) is 12.1 Å². The van der Waals surface area contributed by atoms with Crippen molar-refractivity contribution in [1.82, 2.24) is 0 Å². The molecular weight excluding hydrogens is 396 g/mol. The maximum absolute atomic E-state index is 11.5. The Bertz CT molecular complexity index is 717. The second kappa shape index (κ2) is 8.28. The summed E-state index contributed by atoms with van der Waals surface area (Å²) in [6, 6.07) is 0. The first-order chi connectivity index (χ1) is 15.1. The van der Waals surface area contributed by atoms with Crippen LogP contribution >= 0.6 is 0 Å². The Hall–Kier alpha value is -0.570. The zero-order valence-electron chi connectivity index (χ0n) is 21.6. The van der Waals surface area contributed by atoms with E-state index in [0.717, 1.165) is 54.3 Å². The summed E-state index contributed by atoms with van der Waals surface area (Å²) in [6.45, 7) is 14.0. The van der Waals surface area contributed by atoms with Crippen molar-refractivity contribution in [2.45, 2.75) is 124 Å². The molecule has 3 unspecified atom stereocenters. The van der Waals surface area contributed by atoms with Crippen LogP contribution in [0.2, 0.25) is 0 Å². The maximum Gasteiger partial charge on any atom is 0.302 e. The molecule has 5 rings (SSSR count). The molecule has 182 valence electrons. The third-order valence-corrected chi connectivity index (χ3v) is 11.6. The highest BCUT2D eigenvalue weighted by molar-refractivity contribution is 5.66. The van der Waals surface area contributed by atoms with Crippen molar-refractivity contribution in [3.8, 4) is 0 Å². The van der Waals surface area contributed by atoms with E-state index >= 15 is 0 Å². The number of fused-ring (bicyclic) bond motifs is 7. The Morgan fingerprint density at radius 2 is 1.78 bits per heavy atom. The number of carbonyl (C=O) groups is 1. The minimum absolute atomic E-state index is 0.0981. The smallest absolute Gasteiger partial charge is 0.302 e. The van der Waals surface area contributed by atoms with Crippen molar-refractivity contribution in [3.63, 3.8) is 0 Å². The molecule has 0 aromatic carbocycles. The molecule has 0 spiro atoms. The number of esters is 1. The summed E-state index contributed by atoms with van der Waals surface area (Å²) in [4.78, 5) is 11.5. The third-order valence-electron chi connectivity index (χ3n) is 11.6. The van der Waals surface area contributed by atoms with Crippen molar-refractivity contribution >= 4 is 5.97 Å². The van der Waals surface area contributed by atoms with Crippen LogP contribution in [0.5, 0.6) is 0 Å². The highest BCUT2D eigenvalue weighted by Gasteiger charge is 2.65. The van der Waals surface area contributed by atoms with Crippen LogP contribution in [0.25, 0.3) is 0 Å². The van der Waals surface area contributed by atoms with Gasteiger partial charge in [0.15, 0.2) is 0 Å². The molecule has 32 heavy (non-hydrogen) atoms. The lowest BCUT2D eigenvalue weighted by molar-refractivity contribution is -0.160. The summed E-state index contributed by atoms with van der Waals surface area (Å²) < 4.78 is 12.5. The van der Waals surface area contributed by atoms with E-state index in [1.807, 2.05) is 0 Å². The van der Waals surface area contributed by atoms with Gasteiger partial charge in [0.2, 0.25) is 0 Å². The molecule has 0 aromatic rings. The van der Waals surface area contributed by atoms with Gasteiger partial charge in [-0.25, -0.2) is 0 Å². The minimum Gasteiger partial charge on any atom is -0.463 e. The fourth-order valence-electron chi connectivity index (χ4n) is 10.1. The van der Waals surface area contributed by atoms with Gasteiger partial charge in [-0.05, 0) is 116 Å². The number of rotatable bonds is 4. The molecule has 1 aliphatic heterocycles. The molecule has 5 aliphatic rings. The summed E-state index contributed by atoms with van der Waals surface area (Å²) in [5.41, 5.74) is 0.931. The molecule has 0 N–H and O–H groups in total. The van der Waals surface area contributed by atoms with Gasteiger partial charge >= 0.3 is 5.97 Å². The van der Waals surface area contributed by atoms with Gasteiger partial charge in [0, 0.05) is 6.92 Å². The minimum atomic E-state index is -0.0981. The molecule has 11 atom stereocenters. The van der Waals surface area contributed by atoms with Crippen LogP contribution in [0.3, 0.4) is 0 Å². The van der Waals surface area contributed by atoms with E-state index in [1.165, 1.54) is 51.4 Å². The maximum atomic E-state index is 11.5. The molecule has 5 fully saturated rings. The van der Waals surface area contributed by atoms with E-state index in [9.17, 15) is 4.79 Å². The molecule has 1 saturated heterocycles. The number of carbonyl (C=O) groups excluding carboxylic acids is 1. The third kappa shape index (κ3) is 3.59. The molecule has 3 heteroatoms. The van der Waals surface area contributed by atoms with Crippen molar-refractivity contribution in [3.05, 3.63) is 0 Å². The van der Waals surface area contributed by atoms with Gasteiger partial charge in [0.05, 0.1) is 12.2 Å². The molecular formula is C29H48O3. The zero-order chi connectivity index (χ0) is 22.8. The Morgan fingerprint density at radius 1 is 1.03 bits per heavy atom. The van der Waals surface area contributed by atoms with Crippen LogP contribution in [0.1, 0.15) is 106 Å². The van der Waals surface area contributed by atoms with E-state index in [1.54, 1.807) is 6.92 Å². The van der Waals surface area contributed by atoms with Gasteiger partial charge in [0.25, 0.3) is 0 Å². The highest BCUT2D eigenvalue weighted by Crippen LogP contribution is 2.70. The largest absolute Gasteiger partial charge is 0.463 e. The van der Waals surface area contributed by atoms with Gasteiger partial charge < -0.3 is 9.47 Å². The average molecular weight is 445 g/mol. The summed E-state index contributed by atoms with van der Waals surface area (Å²) in [7, 11) is 0. The molecule has 3 nitrogen and oxygen atoms in total. The van der Waals surface area contributed by atoms with Crippen molar-refractivity contribution in [1.29, 1.82) is 0 Å². The lowest BCUT2D eigenvalue weighted by atomic mass is 9.44. The van der Waals surface area contributed by atoms with Crippen LogP contribution in [0, 0.1) is 52.3 Å². The Kier molecular flexibility index (Phi) is 6.00. The first kappa shape index (κ1) is 23.2. The van der Waals surface area contributed by atoms with Crippen LogP contribution in [-0.4, -0.2) is 24.3 Å². The van der Waals surface area contributed by atoms with Crippen LogP contribution in [-0.2, 0) is 14.3 Å².